The molecule has 0 N–H and O–H groups in total. The Labute approximate surface area is 203 Å². The van der Waals surface area contributed by atoms with Gasteiger partial charge in [-0.05, 0) is 42.8 Å². The van der Waals surface area contributed by atoms with E-state index in [1.807, 2.05) is 36.4 Å². The van der Waals surface area contributed by atoms with Crippen LogP contribution >= 0.6 is 11.8 Å². The standard InChI is InChI=1S/C26H19FN4O3S/c1-16(23(32)18-11-13-19(27)14-12-18)35-26-29-28-24(34-26)22-20-9-5-6-10-21(20)25(33)31(30-22)15-17-7-3-2-4-8-17/h2-14,16H,15H2,1H3. The van der Waals surface area contributed by atoms with Crippen molar-refractivity contribution in [2.24, 2.45) is 0 Å². The Morgan fingerprint density at radius 1 is 0.971 bits per heavy atom. The minimum atomic E-state index is -0.537. The normalized spacial score (nSPS) is 12.1. The van der Waals surface area contributed by atoms with E-state index < -0.39 is 11.1 Å². The van der Waals surface area contributed by atoms with Gasteiger partial charge in [-0.2, -0.15) is 5.10 Å². The summed E-state index contributed by atoms with van der Waals surface area (Å²) in [5.74, 6) is -0.446. The summed E-state index contributed by atoms with van der Waals surface area (Å²) in [6.45, 7) is 2.00. The highest BCUT2D eigenvalue weighted by molar-refractivity contribution is 8.00. The van der Waals surface area contributed by atoms with Crippen LogP contribution in [0.2, 0.25) is 0 Å². The quantitative estimate of drug-likeness (QED) is 0.236. The number of benzene rings is 3. The maximum absolute atomic E-state index is 13.2. The molecular weight excluding hydrogens is 467 g/mol. The predicted molar refractivity (Wildman–Crippen MR) is 131 cm³/mol. The molecule has 0 aliphatic carbocycles. The van der Waals surface area contributed by atoms with Crippen molar-refractivity contribution >= 4 is 28.3 Å². The molecule has 3 aromatic carbocycles. The average molecular weight is 487 g/mol. The third-order valence-corrected chi connectivity index (χ3v) is 6.36. The van der Waals surface area contributed by atoms with E-state index in [2.05, 4.69) is 15.3 Å². The molecule has 2 aromatic heterocycles. The number of hydrogen-bond acceptors (Lipinski definition) is 7. The molecule has 0 fully saturated rings. The SMILES string of the molecule is CC(Sc1nnc(-c2nn(Cc3ccccc3)c(=O)c3ccccc23)o1)C(=O)c1ccc(F)cc1. The summed E-state index contributed by atoms with van der Waals surface area (Å²) in [4.78, 5) is 25.8. The van der Waals surface area contributed by atoms with Gasteiger partial charge >= 0.3 is 0 Å². The lowest BCUT2D eigenvalue weighted by Crippen LogP contribution is -2.24. The van der Waals surface area contributed by atoms with Gasteiger partial charge in [0.2, 0.25) is 0 Å². The molecule has 1 atom stereocenters. The van der Waals surface area contributed by atoms with Gasteiger partial charge in [0, 0.05) is 10.9 Å². The molecule has 9 heteroatoms. The summed E-state index contributed by atoms with van der Waals surface area (Å²) in [5.41, 5.74) is 1.49. The highest BCUT2D eigenvalue weighted by atomic mass is 32.2. The van der Waals surface area contributed by atoms with Gasteiger partial charge in [-0.15, -0.1) is 10.2 Å². The zero-order valence-corrected chi connectivity index (χ0v) is 19.4. The molecule has 0 aliphatic heterocycles. The lowest BCUT2D eigenvalue weighted by molar-refractivity contribution is 0.0993. The van der Waals surface area contributed by atoms with Crippen LogP contribution in [-0.4, -0.2) is 31.0 Å². The van der Waals surface area contributed by atoms with E-state index in [1.165, 1.54) is 28.9 Å². The first-order valence-corrected chi connectivity index (χ1v) is 11.7. The van der Waals surface area contributed by atoms with E-state index in [4.69, 9.17) is 4.42 Å². The smallest absolute Gasteiger partial charge is 0.277 e. The Hall–Kier alpha value is -4.11. The number of aromatic nitrogens is 4. The molecule has 0 saturated heterocycles. The van der Waals surface area contributed by atoms with E-state index in [-0.39, 0.29) is 29.0 Å². The second-order valence-corrected chi connectivity index (χ2v) is 9.14. The summed E-state index contributed by atoms with van der Waals surface area (Å²) < 4.78 is 20.4. The van der Waals surface area contributed by atoms with Gasteiger partial charge in [0.15, 0.2) is 11.5 Å². The molecule has 7 nitrogen and oxygen atoms in total. The van der Waals surface area contributed by atoms with Crippen LogP contribution in [0.4, 0.5) is 4.39 Å². The Kier molecular flexibility index (Phi) is 6.24. The molecule has 5 rings (SSSR count). The van der Waals surface area contributed by atoms with E-state index in [0.29, 0.717) is 22.0 Å². The second kappa shape index (κ2) is 9.63. The summed E-state index contributed by atoms with van der Waals surface area (Å²) in [6, 6.07) is 22.0. The first kappa shape index (κ1) is 22.7. The molecule has 1 unspecified atom stereocenters. The van der Waals surface area contributed by atoms with Gasteiger partial charge in [0.25, 0.3) is 16.7 Å². The number of ketones is 1. The first-order chi connectivity index (χ1) is 17.0. The lowest BCUT2D eigenvalue weighted by atomic mass is 10.1. The van der Waals surface area contributed by atoms with Crippen molar-refractivity contribution in [3.63, 3.8) is 0 Å². The molecule has 35 heavy (non-hydrogen) atoms. The molecule has 2 heterocycles. The fourth-order valence-electron chi connectivity index (χ4n) is 3.66. The molecule has 174 valence electrons. The molecule has 5 aromatic rings. The van der Waals surface area contributed by atoms with E-state index in [0.717, 1.165) is 17.3 Å². The van der Waals surface area contributed by atoms with Crippen LogP contribution in [0.25, 0.3) is 22.4 Å². The Bertz CT molecular complexity index is 1570. The monoisotopic (exact) mass is 486 g/mol. The van der Waals surface area contributed by atoms with Gasteiger partial charge in [0.1, 0.15) is 5.82 Å². The molecule has 0 amide bonds. The summed E-state index contributed by atoms with van der Waals surface area (Å²) in [5, 5.41) is 13.5. The van der Waals surface area contributed by atoms with Crippen LogP contribution in [-0.2, 0) is 6.54 Å². The molecule has 0 saturated carbocycles. The number of carbonyl (C=O) groups is 1. The number of thioether (sulfide) groups is 1. The van der Waals surface area contributed by atoms with Crippen LogP contribution in [0.15, 0.2) is 93.3 Å². The molecular formula is C26H19FN4O3S. The van der Waals surface area contributed by atoms with Crippen molar-refractivity contribution in [1.29, 1.82) is 0 Å². The summed E-state index contributed by atoms with van der Waals surface area (Å²) in [6.07, 6.45) is 0. The predicted octanol–water partition coefficient (Wildman–Crippen LogP) is 5.00. The van der Waals surface area contributed by atoms with Crippen molar-refractivity contribution in [2.75, 3.05) is 0 Å². The molecule has 0 radical (unpaired) electrons. The highest BCUT2D eigenvalue weighted by Gasteiger charge is 2.22. The Balaban J connectivity index is 1.46. The average Bonchev–Trinajstić information content (AvgIpc) is 3.34. The van der Waals surface area contributed by atoms with Crippen LogP contribution in [0.3, 0.4) is 0 Å². The van der Waals surface area contributed by atoms with Crippen LogP contribution in [0.5, 0.6) is 0 Å². The third kappa shape index (κ3) is 4.76. The Morgan fingerprint density at radius 2 is 1.66 bits per heavy atom. The number of nitrogens with zero attached hydrogens (tertiary/aromatic N) is 4. The van der Waals surface area contributed by atoms with E-state index in [1.54, 1.807) is 25.1 Å². The van der Waals surface area contributed by atoms with Gasteiger partial charge in [0.05, 0.1) is 17.2 Å². The lowest BCUT2D eigenvalue weighted by Gasteiger charge is -2.09. The number of fused-ring (bicyclic) bond motifs is 1. The number of hydrogen-bond donors (Lipinski definition) is 0. The van der Waals surface area contributed by atoms with Crippen molar-refractivity contribution in [1.82, 2.24) is 20.0 Å². The molecule has 0 aliphatic rings. The van der Waals surface area contributed by atoms with Crippen molar-refractivity contribution < 1.29 is 13.6 Å². The number of halogens is 1. The number of rotatable bonds is 7. The van der Waals surface area contributed by atoms with Gasteiger partial charge < -0.3 is 4.42 Å². The topological polar surface area (TPSA) is 90.9 Å². The number of Topliss-reactive ketones (excluding diaryl/α,β-unsaturated/α-hetero) is 1. The maximum Gasteiger partial charge on any atom is 0.277 e. The van der Waals surface area contributed by atoms with Crippen molar-refractivity contribution in [2.45, 2.75) is 23.9 Å². The van der Waals surface area contributed by atoms with E-state index >= 15 is 0 Å². The van der Waals surface area contributed by atoms with Gasteiger partial charge in [-0.25, -0.2) is 9.07 Å². The van der Waals surface area contributed by atoms with Crippen LogP contribution in [0, 0.1) is 5.82 Å². The zero-order chi connectivity index (χ0) is 24.4. The maximum atomic E-state index is 13.2. The summed E-state index contributed by atoms with van der Waals surface area (Å²) in [7, 11) is 0. The largest absolute Gasteiger partial charge is 0.409 e. The van der Waals surface area contributed by atoms with Gasteiger partial charge in [-0.3, -0.25) is 9.59 Å². The summed E-state index contributed by atoms with van der Waals surface area (Å²) >= 11 is 1.10. The van der Waals surface area contributed by atoms with Crippen LogP contribution < -0.4 is 5.56 Å². The van der Waals surface area contributed by atoms with E-state index in [9.17, 15) is 14.0 Å². The number of carbonyl (C=O) groups excluding carboxylic acids is 1. The van der Waals surface area contributed by atoms with Crippen LogP contribution in [0.1, 0.15) is 22.8 Å². The van der Waals surface area contributed by atoms with Gasteiger partial charge in [-0.1, -0.05) is 60.3 Å². The van der Waals surface area contributed by atoms with Crippen molar-refractivity contribution in [3.05, 3.63) is 106 Å². The first-order valence-electron chi connectivity index (χ1n) is 10.8. The highest BCUT2D eigenvalue weighted by Crippen LogP contribution is 2.29. The minimum absolute atomic E-state index is 0.145. The second-order valence-electron chi connectivity index (χ2n) is 7.85. The molecule has 0 spiro atoms. The zero-order valence-electron chi connectivity index (χ0n) is 18.6. The molecule has 0 bridgehead atoms. The third-order valence-electron chi connectivity index (χ3n) is 5.43. The fraction of sp³-hybridized carbons (Fsp3) is 0.115. The fourth-order valence-corrected chi connectivity index (χ4v) is 4.42. The Morgan fingerprint density at radius 3 is 2.40 bits per heavy atom. The minimum Gasteiger partial charge on any atom is -0.409 e. The van der Waals surface area contributed by atoms with Crippen molar-refractivity contribution in [3.8, 4) is 11.6 Å².